The lowest BCUT2D eigenvalue weighted by molar-refractivity contribution is -0.0839. The molecule has 1 N–H and O–H groups in total. The van der Waals surface area contributed by atoms with E-state index in [1.54, 1.807) is 11.9 Å². The Kier molecular flexibility index (Phi) is 5.74. The molecule has 1 aromatic heterocycles. The molecular formula is C18H30N2O3. The number of carbonyl (C=O) groups is 1. The van der Waals surface area contributed by atoms with Crippen LogP contribution in [0.2, 0.25) is 0 Å². The Morgan fingerprint density at radius 2 is 2.13 bits per heavy atom. The highest BCUT2D eigenvalue weighted by atomic mass is 16.5. The zero-order chi connectivity index (χ0) is 17.0. The normalized spacial score (nSPS) is 22.0. The van der Waals surface area contributed by atoms with Crippen molar-refractivity contribution in [2.75, 3.05) is 20.2 Å². The summed E-state index contributed by atoms with van der Waals surface area (Å²) in [4.78, 5) is 13.9. The van der Waals surface area contributed by atoms with Crippen LogP contribution in [0, 0.1) is 18.3 Å². The number of urea groups is 1. The molecule has 0 aromatic carbocycles. The molecule has 2 amide bonds. The molecule has 1 aliphatic heterocycles. The van der Waals surface area contributed by atoms with Gasteiger partial charge in [0.1, 0.15) is 11.5 Å². The van der Waals surface area contributed by atoms with E-state index >= 15 is 0 Å². The molecule has 2 rings (SSSR count). The summed E-state index contributed by atoms with van der Waals surface area (Å²) in [5, 5.41) is 3.05. The summed E-state index contributed by atoms with van der Waals surface area (Å²) < 4.78 is 11.5. The van der Waals surface area contributed by atoms with E-state index in [1.165, 1.54) is 0 Å². The summed E-state index contributed by atoms with van der Waals surface area (Å²) in [6, 6.07) is 3.75. The number of nitrogens with one attached hydrogen (secondary N) is 1. The smallest absolute Gasteiger partial charge is 0.317 e. The fourth-order valence-corrected chi connectivity index (χ4v) is 3.24. The molecule has 2 heterocycles. The van der Waals surface area contributed by atoms with Crippen molar-refractivity contribution in [2.45, 2.75) is 53.2 Å². The molecule has 2 atom stereocenters. The summed E-state index contributed by atoms with van der Waals surface area (Å²) in [6.07, 6.45) is 2.35. The number of carbonyl (C=O) groups excluding carboxylic acids is 1. The first-order valence-corrected chi connectivity index (χ1v) is 8.43. The van der Waals surface area contributed by atoms with E-state index in [4.69, 9.17) is 9.15 Å². The third-order valence-corrected chi connectivity index (χ3v) is 4.35. The van der Waals surface area contributed by atoms with Crippen molar-refractivity contribution in [1.82, 2.24) is 10.2 Å². The molecule has 0 aliphatic carbocycles. The maximum absolute atomic E-state index is 12.3. The van der Waals surface area contributed by atoms with E-state index in [1.807, 2.05) is 19.1 Å². The Balaban J connectivity index is 1.84. The van der Waals surface area contributed by atoms with Gasteiger partial charge in [-0.25, -0.2) is 4.79 Å². The number of nitrogens with zero attached hydrogens (tertiary/aromatic N) is 1. The van der Waals surface area contributed by atoms with Gasteiger partial charge in [0.05, 0.1) is 12.6 Å². The van der Waals surface area contributed by atoms with Crippen molar-refractivity contribution in [3.05, 3.63) is 23.7 Å². The highest BCUT2D eigenvalue weighted by Crippen LogP contribution is 2.33. The number of ether oxygens (including phenoxy) is 1. The van der Waals surface area contributed by atoms with Crippen LogP contribution >= 0.6 is 0 Å². The molecule has 1 aliphatic rings. The van der Waals surface area contributed by atoms with E-state index in [-0.39, 0.29) is 17.6 Å². The highest BCUT2D eigenvalue weighted by molar-refractivity contribution is 5.73. The van der Waals surface area contributed by atoms with Crippen LogP contribution in [0.4, 0.5) is 4.79 Å². The largest absolute Gasteiger partial charge is 0.464 e. The van der Waals surface area contributed by atoms with E-state index < -0.39 is 0 Å². The van der Waals surface area contributed by atoms with Gasteiger partial charge in [-0.15, -0.1) is 0 Å². The fourth-order valence-electron chi connectivity index (χ4n) is 3.24. The topological polar surface area (TPSA) is 54.7 Å². The number of furan rings is 1. The maximum atomic E-state index is 12.3. The van der Waals surface area contributed by atoms with Gasteiger partial charge in [0, 0.05) is 26.1 Å². The molecule has 23 heavy (non-hydrogen) atoms. The number of rotatable bonds is 4. The van der Waals surface area contributed by atoms with Crippen LogP contribution < -0.4 is 5.32 Å². The summed E-state index contributed by atoms with van der Waals surface area (Å²) in [5.74, 6) is 2.03. The van der Waals surface area contributed by atoms with Crippen LogP contribution in [-0.4, -0.2) is 37.2 Å². The summed E-state index contributed by atoms with van der Waals surface area (Å²) in [5.41, 5.74) is 0.0907. The molecule has 0 bridgehead atoms. The van der Waals surface area contributed by atoms with Crippen LogP contribution in [0.25, 0.3) is 0 Å². The van der Waals surface area contributed by atoms with Gasteiger partial charge in [-0.1, -0.05) is 20.8 Å². The van der Waals surface area contributed by atoms with Crippen molar-refractivity contribution in [3.8, 4) is 0 Å². The van der Waals surface area contributed by atoms with Gasteiger partial charge < -0.3 is 19.4 Å². The fraction of sp³-hybridized carbons (Fsp3) is 0.722. The Bertz CT molecular complexity index is 519. The quantitative estimate of drug-likeness (QED) is 0.922. The van der Waals surface area contributed by atoms with Gasteiger partial charge in [-0.2, -0.15) is 0 Å². The molecule has 0 spiro atoms. The Labute approximate surface area is 139 Å². The standard InChI is InChI=1S/C18H30N2O3/c1-13-8-9-15(23-13)12-20(5)17(21)19-11-14-7-6-10-22-16(14)18(2,3)4/h8-9,14,16H,6-7,10-12H2,1-5H3,(H,19,21)/t14-,16-/m0/s1. The average Bonchev–Trinajstić information content (AvgIpc) is 2.89. The first-order chi connectivity index (χ1) is 10.8. The lowest BCUT2D eigenvalue weighted by Crippen LogP contribution is -2.47. The summed E-state index contributed by atoms with van der Waals surface area (Å²) in [7, 11) is 1.78. The molecule has 5 heteroatoms. The third kappa shape index (κ3) is 4.99. The predicted molar refractivity (Wildman–Crippen MR) is 90.2 cm³/mol. The van der Waals surface area contributed by atoms with Crippen molar-refractivity contribution >= 4 is 6.03 Å². The molecule has 1 saturated heterocycles. The van der Waals surface area contributed by atoms with Crippen LogP contribution in [0.3, 0.4) is 0 Å². The van der Waals surface area contributed by atoms with Crippen molar-refractivity contribution in [3.63, 3.8) is 0 Å². The monoisotopic (exact) mass is 322 g/mol. The van der Waals surface area contributed by atoms with Crippen molar-refractivity contribution < 1.29 is 13.9 Å². The highest BCUT2D eigenvalue weighted by Gasteiger charge is 2.35. The van der Waals surface area contributed by atoms with Gasteiger partial charge in [-0.05, 0) is 37.3 Å². The second kappa shape index (κ2) is 7.39. The molecule has 0 radical (unpaired) electrons. The number of aryl methyl sites for hydroxylation is 1. The molecule has 0 unspecified atom stereocenters. The molecule has 0 saturated carbocycles. The lowest BCUT2D eigenvalue weighted by Gasteiger charge is -2.40. The number of amides is 2. The number of hydrogen-bond donors (Lipinski definition) is 1. The Morgan fingerprint density at radius 1 is 1.39 bits per heavy atom. The summed E-state index contributed by atoms with van der Waals surface area (Å²) >= 11 is 0. The zero-order valence-corrected chi connectivity index (χ0v) is 15.0. The minimum atomic E-state index is -0.0720. The molecule has 130 valence electrons. The molecule has 1 aromatic rings. The first kappa shape index (κ1) is 17.9. The predicted octanol–water partition coefficient (Wildman–Crippen LogP) is 3.57. The van der Waals surface area contributed by atoms with Crippen LogP contribution in [0.5, 0.6) is 0 Å². The van der Waals surface area contributed by atoms with E-state index in [9.17, 15) is 4.79 Å². The van der Waals surface area contributed by atoms with Gasteiger partial charge in [0.2, 0.25) is 0 Å². The van der Waals surface area contributed by atoms with Gasteiger partial charge in [0.25, 0.3) is 0 Å². The van der Waals surface area contributed by atoms with Crippen LogP contribution in [0.1, 0.15) is 45.1 Å². The number of hydrogen-bond acceptors (Lipinski definition) is 3. The maximum Gasteiger partial charge on any atom is 0.317 e. The van der Waals surface area contributed by atoms with Gasteiger partial charge >= 0.3 is 6.03 Å². The van der Waals surface area contributed by atoms with E-state index in [2.05, 4.69) is 26.1 Å². The second-order valence-corrected chi connectivity index (χ2v) is 7.61. The second-order valence-electron chi connectivity index (χ2n) is 7.61. The first-order valence-electron chi connectivity index (χ1n) is 8.43. The molecular weight excluding hydrogens is 292 g/mol. The van der Waals surface area contributed by atoms with Gasteiger partial charge in [-0.3, -0.25) is 0 Å². The molecule has 1 fully saturated rings. The SMILES string of the molecule is Cc1ccc(CN(C)C(=O)NC[C@@H]2CCCO[C@@H]2C(C)(C)C)o1. The van der Waals surface area contributed by atoms with Gasteiger partial charge in [0.15, 0.2) is 0 Å². The molecule has 5 nitrogen and oxygen atoms in total. The Morgan fingerprint density at radius 3 is 2.74 bits per heavy atom. The van der Waals surface area contributed by atoms with Crippen molar-refractivity contribution in [1.29, 1.82) is 0 Å². The average molecular weight is 322 g/mol. The van der Waals surface area contributed by atoms with Crippen LogP contribution in [0.15, 0.2) is 16.5 Å². The zero-order valence-electron chi connectivity index (χ0n) is 15.0. The van der Waals surface area contributed by atoms with E-state index in [0.717, 1.165) is 31.0 Å². The third-order valence-electron chi connectivity index (χ3n) is 4.35. The van der Waals surface area contributed by atoms with Crippen LogP contribution in [-0.2, 0) is 11.3 Å². The minimum absolute atomic E-state index is 0.0720. The lowest BCUT2D eigenvalue weighted by atomic mass is 9.78. The minimum Gasteiger partial charge on any atom is -0.464 e. The summed E-state index contributed by atoms with van der Waals surface area (Å²) in [6.45, 7) is 10.4. The van der Waals surface area contributed by atoms with E-state index in [0.29, 0.717) is 19.0 Å². The van der Waals surface area contributed by atoms with Crippen molar-refractivity contribution in [2.24, 2.45) is 11.3 Å². The Hall–Kier alpha value is -1.49.